The Labute approximate surface area is 191 Å². The van der Waals surface area contributed by atoms with Crippen molar-refractivity contribution in [3.63, 3.8) is 0 Å². The van der Waals surface area contributed by atoms with Crippen molar-refractivity contribution in [1.29, 1.82) is 0 Å². The molecule has 4 aromatic rings. The number of aryl methyl sites for hydroxylation is 1. The number of hydrogen-bond acceptors (Lipinski definition) is 3. The van der Waals surface area contributed by atoms with Crippen molar-refractivity contribution in [2.24, 2.45) is 0 Å². The topological polar surface area (TPSA) is 69.6 Å². The number of nitrogens with zero attached hydrogens (tertiary/aromatic N) is 2. The number of benzene rings is 2. The Kier molecular flexibility index (Phi) is 4.79. The first-order valence-corrected chi connectivity index (χ1v) is 11.4. The van der Waals surface area contributed by atoms with Crippen LogP contribution in [0.3, 0.4) is 0 Å². The zero-order valence-corrected chi connectivity index (χ0v) is 18.2. The van der Waals surface area contributed by atoms with E-state index >= 15 is 0 Å². The first-order chi connectivity index (χ1) is 16.2. The zero-order valence-electron chi connectivity index (χ0n) is 18.2. The molecule has 1 fully saturated rings. The minimum atomic E-state index is -0.492. The summed E-state index contributed by atoms with van der Waals surface area (Å²) in [6, 6.07) is 21.5. The number of aromatic amines is 1. The Bertz CT molecular complexity index is 1310. The van der Waals surface area contributed by atoms with Gasteiger partial charge in [0.1, 0.15) is 18.3 Å². The summed E-state index contributed by atoms with van der Waals surface area (Å²) in [6.07, 6.45) is 3.72. The van der Waals surface area contributed by atoms with Crippen LogP contribution >= 0.6 is 0 Å². The van der Waals surface area contributed by atoms with Crippen LogP contribution < -0.4 is 0 Å². The van der Waals surface area contributed by atoms with E-state index in [9.17, 15) is 9.59 Å². The van der Waals surface area contributed by atoms with Crippen molar-refractivity contribution >= 4 is 22.7 Å². The average Bonchev–Trinajstić information content (AvgIpc) is 3.48. The van der Waals surface area contributed by atoms with E-state index in [0.717, 1.165) is 35.0 Å². The summed E-state index contributed by atoms with van der Waals surface area (Å²) in [4.78, 5) is 34.1. The maximum Gasteiger partial charge on any atom is 0.246 e. The maximum absolute atomic E-state index is 13.6. The Hall–Kier alpha value is -3.80. The lowest BCUT2D eigenvalue weighted by molar-refractivity contribution is -0.160. The molecule has 0 aliphatic carbocycles. The van der Waals surface area contributed by atoms with Crippen molar-refractivity contribution in [2.75, 3.05) is 6.54 Å². The molecule has 2 amide bonds. The second kappa shape index (κ2) is 7.96. The molecule has 0 radical (unpaired) electrons. The molecule has 2 atom stereocenters. The van der Waals surface area contributed by atoms with Gasteiger partial charge in [-0.15, -0.1) is 0 Å². The summed E-state index contributed by atoms with van der Waals surface area (Å²) in [6.45, 7) is 0.394. The number of carbonyl (C=O) groups is 2. The molecule has 6 heteroatoms. The van der Waals surface area contributed by atoms with E-state index < -0.39 is 6.04 Å². The van der Waals surface area contributed by atoms with Gasteiger partial charge in [0.25, 0.3) is 0 Å². The van der Waals surface area contributed by atoms with Crippen molar-refractivity contribution in [2.45, 2.75) is 37.9 Å². The molecule has 2 aromatic carbocycles. The number of amides is 2. The predicted octanol–water partition coefficient (Wildman–Crippen LogP) is 4.23. The SMILES string of the molecule is O=C1C2Cc3c([nH]c4ccccc34)C(CCc3ccccc3)N2C(=O)CN1Cc1ccco1. The molecule has 4 heterocycles. The van der Waals surface area contributed by atoms with Crippen molar-refractivity contribution in [1.82, 2.24) is 14.8 Å². The molecule has 6 nitrogen and oxygen atoms in total. The number of hydrogen-bond donors (Lipinski definition) is 1. The number of para-hydroxylation sites is 1. The van der Waals surface area contributed by atoms with Gasteiger partial charge in [-0.1, -0.05) is 48.5 Å². The molecule has 2 aliphatic rings. The largest absolute Gasteiger partial charge is 0.467 e. The predicted molar refractivity (Wildman–Crippen MR) is 124 cm³/mol. The molecule has 0 spiro atoms. The van der Waals surface area contributed by atoms with Gasteiger partial charge in [-0.3, -0.25) is 9.59 Å². The fourth-order valence-electron chi connectivity index (χ4n) is 5.42. The van der Waals surface area contributed by atoms with E-state index in [1.807, 2.05) is 41.3 Å². The minimum absolute atomic E-state index is 0.00600. The third kappa shape index (κ3) is 3.42. The lowest BCUT2D eigenvalue weighted by Gasteiger charge is -2.47. The van der Waals surface area contributed by atoms with Gasteiger partial charge in [-0.25, -0.2) is 0 Å². The van der Waals surface area contributed by atoms with Crippen molar-refractivity contribution in [3.8, 4) is 0 Å². The van der Waals surface area contributed by atoms with Crippen LogP contribution in [0, 0.1) is 0 Å². The monoisotopic (exact) mass is 439 g/mol. The first kappa shape index (κ1) is 19.9. The molecular weight excluding hydrogens is 414 g/mol. The summed E-state index contributed by atoms with van der Waals surface area (Å²) >= 11 is 0. The number of nitrogens with one attached hydrogen (secondary N) is 1. The number of H-pyrrole nitrogens is 1. The van der Waals surface area contributed by atoms with E-state index in [2.05, 4.69) is 29.2 Å². The minimum Gasteiger partial charge on any atom is -0.467 e. The van der Waals surface area contributed by atoms with Crippen LogP contribution in [0.15, 0.2) is 77.4 Å². The normalized spacial score (nSPS) is 20.2. The maximum atomic E-state index is 13.6. The molecule has 166 valence electrons. The number of aromatic nitrogens is 1. The fraction of sp³-hybridized carbons (Fsp3) is 0.259. The van der Waals surface area contributed by atoms with Gasteiger partial charge in [0, 0.05) is 23.0 Å². The van der Waals surface area contributed by atoms with Gasteiger partial charge in [0.05, 0.1) is 18.8 Å². The van der Waals surface area contributed by atoms with E-state index in [4.69, 9.17) is 4.42 Å². The third-order valence-corrected chi connectivity index (χ3v) is 6.94. The third-order valence-electron chi connectivity index (χ3n) is 6.94. The summed E-state index contributed by atoms with van der Waals surface area (Å²) in [5.74, 6) is 0.675. The first-order valence-electron chi connectivity index (χ1n) is 11.4. The van der Waals surface area contributed by atoms with Gasteiger partial charge < -0.3 is 19.2 Å². The number of furan rings is 1. The van der Waals surface area contributed by atoms with Crippen molar-refractivity contribution < 1.29 is 14.0 Å². The number of rotatable bonds is 5. The summed E-state index contributed by atoms with van der Waals surface area (Å²) in [5, 5.41) is 1.14. The Balaban J connectivity index is 1.38. The molecule has 0 bridgehead atoms. The summed E-state index contributed by atoms with van der Waals surface area (Å²) in [7, 11) is 0. The molecule has 2 aliphatic heterocycles. The van der Waals surface area contributed by atoms with Crippen LogP contribution in [0.25, 0.3) is 10.9 Å². The molecule has 2 aromatic heterocycles. The Morgan fingerprint density at radius 3 is 2.61 bits per heavy atom. The number of fused-ring (bicyclic) bond motifs is 4. The van der Waals surface area contributed by atoms with Crippen LogP contribution in [0.4, 0.5) is 0 Å². The van der Waals surface area contributed by atoms with Gasteiger partial charge >= 0.3 is 0 Å². The van der Waals surface area contributed by atoms with Crippen LogP contribution in [-0.4, -0.2) is 39.2 Å². The highest BCUT2D eigenvalue weighted by Crippen LogP contribution is 2.41. The van der Waals surface area contributed by atoms with Gasteiger partial charge in [0.2, 0.25) is 11.8 Å². The van der Waals surface area contributed by atoms with Gasteiger partial charge in [0.15, 0.2) is 0 Å². The second-order valence-corrected chi connectivity index (χ2v) is 8.90. The molecular formula is C27H25N3O3. The van der Waals surface area contributed by atoms with Gasteiger partial charge in [-0.05, 0) is 42.2 Å². The molecule has 1 N–H and O–H groups in total. The fourth-order valence-corrected chi connectivity index (χ4v) is 5.42. The molecule has 33 heavy (non-hydrogen) atoms. The van der Waals surface area contributed by atoms with Crippen LogP contribution in [0.1, 0.15) is 35.0 Å². The average molecular weight is 440 g/mol. The van der Waals surface area contributed by atoms with Gasteiger partial charge in [-0.2, -0.15) is 0 Å². The summed E-state index contributed by atoms with van der Waals surface area (Å²) in [5.41, 5.74) is 4.52. The highest BCUT2D eigenvalue weighted by molar-refractivity contribution is 5.97. The standard InChI is InChI=1S/C27H25N3O3/c31-25-17-29(16-19-9-6-14-33-19)27(32)24-15-21-20-10-4-5-11-22(20)28-26(21)23(30(24)25)13-12-18-7-2-1-3-8-18/h1-11,14,23-24,28H,12-13,15-17H2. The zero-order chi connectivity index (χ0) is 22.4. The number of piperazine rings is 1. The molecule has 6 rings (SSSR count). The van der Waals surface area contributed by atoms with E-state index in [1.165, 1.54) is 5.56 Å². The van der Waals surface area contributed by atoms with E-state index in [-0.39, 0.29) is 24.4 Å². The quantitative estimate of drug-likeness (QED) is 0.506. The second-order valence-electron chi connectivity index (χ2n) is 8.90. The molecule has 1 saturated heterocycles. The van der Waals surface area contributed by atoms with Crippen molar-refractivity contribution in [3.05, 3.63) is 95.6 Å². The lowest BCUT2D eigenvalue weighted by atomic mass is 9.86. The number of carbonyl (C=O) groups excluding carboxylic acids is 2. The Morgan fingerprint density at radius 2 is 1.79 bits per heavy atom. The smallest absolute Gasteiger partial charge is 0.246 e. The van der Waals surface area contributed by atoms with Crippen LogP contribution in [-0.2, 0) is 29.0 Å². The Morgan fingerprint density at radius 1 is 0.970 bits per heavy atom. The highest BCUT2D eigenvalue weighted by atomic mass is 16.3. The summed E-state index contributed by atoms with van der Waals surface area (Å²) < 4.78 is 5.44. The molecule has 0 saturated carbocycles. The highest BCUT2D eigenvalue weighted by Gasteiger charge is 2.47. The lowest BCUT2D eigenvalue weighted by Crippen LogP contribution is -2.62. The van der Waals surface area contributed by atoms with Crippen LogP contribution in [0.5, 0.6) is 0 Å². The van der Waals surface area contributed by atoms with E-state index in [0.29, 0.717) is 18.7 Å². The van der Waals surface area contributed by atoms with E-state index in [1.54, 1.807) is 17.2 Å². The molecule has 2 unspecified atom stereocenters. The van der Waals surface area contributed by atoms with Crippen LogP contribution in [0.2, 0.25) is 0 Å².